The van der Waals surface area contributed by atoms with Crippen LogP contribution in [0, 0.1) is 0 Å². The van der Waals surface area contributed by atoms with E-state index < -0.39 is 17.8 Å². The van der Waals surface area contributed by atoms with Crippen molar-refractivity contribution in [3.8, 4) is 0 Å². The van der Waals surface area contributed by atoms with Crippen molar-refractivity contribution < 1.29 is 18.0 Å². The number of nitrogens with zero attached hydrogens (tertiary/aromatic N) is 3. The molecule has 0 aliphatic heterocycles. The zero-order valence-corrected chi connectivity index (χ0v) is 14.3. The van der Waals surface area contributed by atoms with Crippen LogP contribution in [0.1, 0.15) is 21.7 Å². The minimum atomic E-state index is -4.61. The highest BCUT2D eigenvalue weighted by Crippen LogP contribution is 2.28. The summed E-state index contributed by atoms with van der Waals surface area (Å²) in [7, 11) is 0. The van der Waals surface area contributed by atoms with Crippen molar-refractivity contribution in [2.24, 2.45) is 0 Å². The van der Waals surface area contributed by atoms with Crippen molar-refractivity contribution in [2.75, 3.05) is 5.32 Å². The number of H-pyrrole nitrogens is 1. The molecular weight excluding hydrogens is 394 g/mol. The number of aromatic amines is 1. The van der Waals surface area contributed by atoms with Crippen LogP contribution in [0.15, 0.2) is 36.7 Å². The molecule has 6 nitrogen and oxygen atoms in total. The van der Waals surface area contributed by atoms with Crippen molar-refractivity contribution >= 4 is 34.8 Å². The molecule has 1 aromatic carbocycles. The van der Waals surface area contributed by atoms with Gasteiger partial charge in [-0.2, -0.15) is 23.4 Å². The van der Waals surface area contributed by atoms with Gasteiger partial charge in [-0.25, -0.2) is 0 Å². The molecule has 0 unspecified atom stereocenters. The van der Waals surface area contributed by atoms with Crippen molar-refractivity contribution in [2.45, 2.75) is 12.7 Å². The smallest absolute Gasteiger partial charge is 0.318 e. The van der Waals surface area contributed by atoms with E-state index in [0.717, 1.165) is 0 Å². The molecule has 2 N–H and O–H groups in total. The lowest BCUT2D eigenvalue weighted by molar-refractivity contribution is -0.141. The standard InChI is InChI=1S/C15H10Cl2F3N5O/c16-10-2-1-3-11(17)9(10)7-25-6-8(5-21-25)22-14(26)12-4-13(24-23-12)15(18,19)20/h1-6H,7H2,(H,22,26)(H,23,24). The van der Waals surface area contributed by atoms with Crippen LogP contribution >= 0.6 is 23.2 Å². The lowest BCUT2D eigenvalue weighted by atomic mass is 10.2. The number of rotatable bonds is 4. The predicted octanol–water partition coefficient (Wildman–Crippen LogP) is 4.23. The van der Waals surface area contributed by atoms with E-state index >= 15 is 0 Å². The first kappa shape index (κ1) is 18.3. The molecule has 136 valence electrons. The van der Waals surface area contributed by atoms with E-state index in [1.165, 1.54) is 17.1 Å². The molecule has 0 bridgehead atoms. The largest absolute Gasteiger partial charge is 0.432 e. The lowest BCUT2D eigenvalue weighted by Crippen LogP contribution is -2.12. The first-order chi connectivity index (χ1) is 12.2. The lowest BCUT2D eigenvalue weighted by Gasteiger charge is -2.06. The van der Waals surface area contributed by atoms with Gasteiger partial charge in [0.05, 0.1) is 18.4 Å². The van der Waals surface area contributed by atoms with Gasteiger partial charge in [-0.15, -0.1) is 0 Å². The molecule has 26 heavy (non-hydrogen) atoms. The van der Waals surface area contributed by atoms with Crippen LogP contribution in [0.3, 0.4) is 0 Å². The molecular formula is C15H10Cl2F3N5O. The third-order valence-electron chi connectivity index (χ3n) is 3.39. The number of anilines is 1. The third-order valence-corrected chi connectivity index (χ3v) is 4.10. The summed E-state index contributed by atoms with van der Waals surface area (Å²) in [5, 5.41) is 12.6. The van der Waals surface area contributed by atoms with Gasteiger partial charge in [0.1, 0.15) is 5.69 Å². The number of carbonyl (C=O) groups excluding carboxylic acids is 1. The maximum atomic E-state index is 12.5. The fraction of sp³-hybridized carbons (Fsp3) is 0.133. The van der Waals surface area contributed by atoms with Crippen LogP contribution in [0.2, 0.25) is 10.0 Å². The van der Waals surface area contributed by atoms with Crippen molar-refractivity contribution in [3.63, 3.8) is 0 Å². The molecule has 0 saturated carbocycles. The van der Waals surface area contributed by atoms with Gasteiger partial charge in [0.2, 0.25) is 0 Å². The van der Waals surface area contributed by atoms with Gasteiger partial charge in [-0.1, -0.05) is 29.3 Å². The predicted molar refractivity (Wildman–Crippen MR) is 89.3 cm³/mol. The van der Waals surface area contributed by atoms with Gasteiger partial charge in [-0.3, -0.25) is 14.6 Å². The monoisotopic (exact) mass is 403 g/mol. The molecule has 3 aromatic rings. The number of hydrogen-bond acceptors (Lipinski definition) is 3. The van der Waals surface area contributed by atoms with Gasteiger partial charge < -0.3 is 5.32 Å². The summed E-state index contributed by atoms with van der Waals surface area (Å²) >= 11 is 12.2. The third kappa shape index (κ3) is 4.00. The van der Waals surface area contributed by atoms with Gasteiger partial charge in [0.15, 0.2) is 5.69 Å². The maximum absolute atomic E-state index is 12.5. The average Bonchev–Trinajstić information content (AvgIpc) is 3.20. The molecule has 0 atom stereocenters. The van der Waals surface area contributed by atoms with Gasteiger partial charge in [-0.05, 0) is 12.1 Å². The molecule has 3 rings (SSSR count). The SMILES string of the molecule is O=C(Nc1cnn(Cc2c(Cl)cccc2Cl)c1)c1cc(C(F)(F)F)[nH]n1. The minimum absolute atomic E-state index is 0.259. The van der Waals surface area contributed by atoms with Gasteiger partial charge in [0, 0.05) is 27.9 Å². The number of benzene rings is 1. The Bertz CT molecular complexity index is 931. The van der Waals surface area contributed by atoms with Crippen LogP contribution in [0.5, 0.6) is 0 Å². The molecule has 0 aliphatic rings. The maximum Gasteiger partial charge on any atom is 0.432 e. The normalized spacial score (nSPS) is 11.6. The fourth-order valence-corrected chi connectivity index (χ4v) is 2.66. The van der Waals surface area contributed by atoms with E-state index in [2.05, 4.69) is 15.5 Å². The summed E-state index contributed by atoms with van der Waals surface area (Å²) in [6, 6.07) is 5.71. The Balaban J connectivity index is 1.70. The Morgan fingerprint density at radius 2 is 1.96 bits per heavy atom. The van der Waals surface area contributed by atoms with Crippen LogP contribution in [0.4, 0.5) is 18.9 Å². The number of carbonyl (C=O) groups is 1. The molecule has 0 aliphatic carbocycles. The van der Waals surface area contributed by atoms with E-state index in [1.807, 2.05) is 0 Å². The highest BCUT2D eigenvalue weighted by Gasteiger charge is 2.33. The number of nitrogens with one attached hydrogen (secondary N) is 2. The second-order valence-corrected chi connectivity index (χ2v) is 6.06. The van der Waals surface area contributed by atoms with E-state index in [9.17, 15) is 18.0 Å². The summed E-state index contributed by atoms with van der Waals surface area (Å²) in [4.78, 5) is 12.0. The number of halogens is 5. The summed E-state index contributed by atoms with van der Waals surface area (Å²) < 4.78 is 39.1. The highest BCUT2D eigenvalue weighted by atomic mass is 35.5. The van der Waals surface area contributed by atoms with Crippen LogP contribution in [-0.2, 0) is 12.7 Å². The Kier molecular flexibility index (Phi) is 4.92. The highest BCUT2D eigenvalue weighted by molar-refractivity contribution is 6.35. The Labute approximate surface area is 154 Å². The molecule has 0 fully saturated rings. The van der Waals surface area contributed by atoms with Crippen molar-refractivity contribution in [1.29, 1.82) is 0 Å². The molecule has 11 heteroatoms. The fourth-order valence-electron chi connectivity index (χ4n) is 2.14. The average molecular weight is 404 g/mol. The van der Waals surface area contributed by atoms with Crippen molar-refractivity contribution in [1.82, 2.24) is 20.0 Å². The quantitative estimate of drug-likeness (QED) is 0.684. The summed E-state index contributed by atoms with van der Waals surface area (Å²) in [5.74, 6) is -0.799. The molecule has 2 aromatic heterocycles. The Morgan fingerprint density at radius 3 is 2.58 bits per heavy atom. The first-order valence-corrected chi connectivity index (χ1v) is 7.89. The number of aromatic nitrogens is 4. The molecule has 0 spiro atoms. The number of alkyl halides is 3. The summed E-state index contributed by atoms with van der Waals surface area (Å²) in [5.41, 5.74) is -0.556. The topological polar surface area (TPSA) is 75.6 Å². The van der Waals surface area contributed by atoms with E-state index in [4.69, 9.17) is 23.2 Å². The Hall–Kier alpha value is -2.52. The van der Waals surface area contributed by atoms with Gasteiger partial charge in [0.25, 0.3) is 5.91 Å². The second-order valence-electron chi connectivity index (χ2n) is 5.25. The first-order valence-electron chi connectivity index (χ1n) is 7.13. The summed E-state index contributed by atoms with van der Waals surface area (Å²) in [6.45, 7) is 0.259. The Morgan fingerprint density at radius 1 is 1.27 bits per heavy atom. The molecule has 1 amide bonds. The van der Waals surface area contributed by atoms with Crippen LogP contribution in [-0.4, -0.2) is 25.9 Å². The number of amides is 1. The minimum Gasteiger partial charge on any atom is -0.318 e. The number of hydrogen-bond donors (Lipinski definition) is 2. The van der Waals surface area contributed by atoms with E-state index in [-0.39, 0.29) is 17.9 Å². The second kappa shape index (κ2) is 7.00. The van der Waals surface area contributed by atoms with Crippen LogP contribution in [0.25, 0.3) is 0 Å². The zero-order chi connectivity index (χ0) is 18.9. The van der Waals surface area contributed by atoms with E-state index in [1.54, 1.807) is 23.3 Å². The van der Waals surface area contributed by atoms with Crippen molar-refractivity contribution in [3.05, 3.63) is 63.7 Å². The van der Waals surface area contributed by atoms with Gasteiger partial charge >= 0.3 is 6.18 Å². The summed E-state index contributed by atoms with van der Waals surface area (Å²) in [6.07, 6.45) is -1.76. The van der Waals surface area contributed by atoms with E-state index in [0.29, 0.717) is 21.7 Å². The zero-order valence-electron chi connectivity index (χ0n) is 12.8. The molecule has 2 heterocycles. The molecule has 0 saturated heterocycles. The van der Waals surface area contributed by atoms with Crippen LogP contribution < -0.4 is 5.32 Å². The molecule has 0 radical (unpaired) electrons.